The average Bonchev–Trinajstić information content (AvgIpc) is 3.67. The van der Waals surface area contributed by atoms with Crippen molar-refractivity contribution in [3.63, 3.8) is 0 Å². The Morgan fingerprint density at radius 3 is 2.07 bits per heavy atom. The monoisotopic (exact) mass is 732 g/mol. The third kappa shape index (κ3) is 6.59. The summed E-state index contributed by atoms with van der Waals surface area (Å²) < 4.78 is 5.95. The highest BCUT2D eigenvalue weighted by molar-refractivity contribution is 5.97. The Hall–Kier alpha value is -7.27. The summed E-state index contributed by atoms with van der Waals surface area (Å²) in [6.45, 7) is 1.10. The van der Waals surface area contributed by atoms with Gasteiger partial charge in [-0.2, -0.15) is 10.2 Å². The topological polar surface area (TPSA) is 139 Å². The van der Waals surface area contributed by atoms with Crippen molar-refractivity contribution < 1.29 is 4.74 Å². The summed E-state index contributed by atoms with van der Waals surface area (Å²) in [6, 6.07) is 37.4. The predicted molar refractivity (Wildman–Crippen MR) is 218 cm³/mol. The summed E-state index contributed by atoms with van der Waals surface area (Å²) in [7, 11) is 0. The van der Waals surface area contributed by atoms with E-state index < -0.39 is 0 Å². The summed E-state index contributed by atoms with van der Waals surface area (Å²) in [5, 5.41) is 30.1. The smallest absolute Gasteiger partial charge is 0.157 e. The quantitative estimate of drug-likeness (QED) is 0.125. The maximum Gasteiger partial charge on any atom is 0.157 e. The molecule has 1 atom stereocenters. The molecule has 56 heavy (non-hydrogen) atoms. The zero-order valence-electron chi connectivity index (χ0n) is 30.4. The number of rotatable bonds is 10. The molecule has 3 N–H and O–H groups in total. The van der Waals surface area contributed by atoms with E-state index in [-0.39, 0.29) is 6.04 Å². The number of aromatic amines is 1. The van der Waals surface area contributed by atoms with Crippen LogP contribution in [0.5, 0.6) is 5.75 Å². The lowest BCUT2D eigenvalue weighted by molar-refractivity contribution is 0.274. The molecule has 6 heterocycles. The van der Waals surface area contributed by atoms with Crippen LogP contribution in [0.1, 0.15) is 46.4 Å². The van der Waals surface area contributed by atoms with Gasteiger partial charge in [-0.1, -0.05) is 60.7 Å². The molecule has 10 rings (SSSR count). The molecule has 0 fully saturated rings. The van der Waals surface area contributed by atoms with Gasteiger partial charge in [-0.05, 0) is 70.8 Å². The SMILES string of the molecule is c1ccc2c(c1)OCCC2Nc1nnc(Cc2ccncc2)c2ccc(-c3ccc4nc(CNc5nnc(Cc6ccncc6)c6ccccc56)[nH]c4c3)cc12. The number of imidazole rings is 1. The van der Waals surface area contributed by atoms with E-state index in [0.29, 0.717) is 26.0 Å². The summed E-state index contributed by atoms with van der Waals surface area (Å²) in [6.07, 6.45) is 9.39. The van der Waals surface area contributed by atoms with Gasteiger partial charge in [-0.3, -0.25) is 9.97 Å². The predicted octanol–water partition coefficient (Wildman–Crippen LogP) is 8.64. The van der Waals surface area contributed by atoms with Crippen LogP contribution >= 0.6 is 0 Å². The van der Waals surface area contributed by atoms with Crippen molar-refractivity contribution in [1.29, 1.82) is 0 Å². The fourth-order valence-electron chi connectivity index (χ4n) is 7.59. The van der Waals surface area contributed by atoms with Gasteiger partial charge in [0.05, 0.1) is 41.6 Å². The third-order valence-corrected chi connectivity index (χ3v) is 10.4. The molecule has 0 spiro atoms. The van der Waals surface area contributed by atoms with Crippen LogP contribution in [0.15, 0.2) is 134 Å². The van der Waals surface area contributed by atoms with Crippen molar-refractivity contribution >= 4 is 44.2 Å². The second-order valence-electron chi connectivity index (χ2n) is 14.0. The van der Waals surface area contributed by atoms with E-state index in [9.17, 15) is 0 Å². The van der Waals surface area contributed by atoms with Gasteiger partial charge in [0, 0.05) is 71.2 Å². The van der Waals surface area contributed by atoms with Crippen molar-refractivity contribution in [3.8, 4) is 16.9 Å². The van der Waals surface area contributed by atoms with Crippen LogP contribution in [0.25, 0.3) is 43.7 Å². The Balaban J connectivity index is 0.944. The number of para-hydroxylation sites is 1. The number of hydrogen-bond donors (Lipinski definition) is 3. The zero-order valence-corrected chi connectivity index (χ0v) is 30.4. The van der Waals surface area contributed by atoms with Crippen molar-refractivity contribution in [2.45, 2.75) is 31.8 Å². The lowest BCUT2D eigenvalue weighted by Crippen LogP contribution is -2.21. The molecular formula is C45H36N10O. The van der Waals surface area contributed by atoms with Crippen LogP contribution in [0.4, 0.5) is 11.6 Å². The molecule has 0 aliphatic carbocycles. The first kappa shape index (κ1) is 33.3. The van der Waals surface area contributed by atoms with Crippen LogP contribution in [-0.4, -0.2) is 46.9 Å². The molecule has 0 bridgehead atoms. The molecule has 4 aromatic carbocycles. The molecule has 11 nitrogen and oxygen atoms in total. The summed E-state index contributed by atoms with van der Waals surface area (Å²) in [5.74, 6) is 3.18. The Morgan fingerprint density at radius 1 is 0.625 bits per heavy atom. The molecule has 0 amide bonds. The van der Waals surface area contributed by atoms with Gasteiger partial charge in [0.1, 0.15) is 11.6 Å². The standard InChI is InChI=1S/C45H36N10O/c1-2-6-34-32(5-1)39(23-28-13-18-46-19-14-28)52-54-44(34)48-27-43-49-38-12-10-31(26-41(38)50-43)30-9-11-33-36(25-30)45(55-53-40(33)24-29-15-20-47-21-16-29)51-37-17-22-56-42-8-4-3-7-35(37)42/h1-16,18-21,25-26,37H,17,22-24,27H2,(H,48,54)(H,49,50)(H,51,55). The molecule has 1 aliphatic heterocycles. The molecule has 1 aliphatic rings. The number of ether oxygens (including phenoxy) is 1. The fraction of sp³-hybridized carbons (Fsp3) is 0.133. The average molecular weight is 733 g/mol. The van der Waals surface area contributed by atoms with Crippen molar-refractivity contribution in [2.75, 3.05) is 17.2 Å². The normalized spacial score (nSPS) is 13.8. The highest BCUT2D eigenvalue weighted by atomic mass is 16.5. The van der Waals surface area contributed by atoms with Crippen LogP contribution in [-0.2, 0) is 19.4 Å². The van der Waals surface area contributed by atoms with Gasteiger partial charge in [0.25, 0.3) is 0 Å². The summed E-state index contributed by atoms with van der Waals surface area (Å²) in [5.41, 5.74) is 9.22. The minimum Gasteiger partial charge on any atom is -0.493 e. The highest BCUT2D eigenvalue weighted by Gasteiger charge is 2.23. The van der Waals surface area contributed by atoms with E-state index in [4.69, 9.17) is 19.9 Å². The number of fused-ring (bicyclic) bond motifs is 4. The Kier molecular flexibility index (Phi) is 8.64. The number of aromatic nitrogens is 8. The molecule has 272 valence electrons. The molecule has 1 unspecified atom stereocenters. The zero-order chi connectivity index (χ0) is 37.3. The second kappa shape index (κ2) is 14.5. The second-order valence-corrected chi connectivity index (χ2v) is 14.0. The van der Waals surface area contributed by atoms with Gasteiger partial charge in [0.2, 0.25) is 0 Å². The molecular weight excluding hydrogens is 697 g/mol. The summed E-state index contributed by atoms with van der Waals surface area (Å²) >= 11 is 0. The number of hydrogen-bond acceptors (Lipinski definition) is 10. The minimum absolute atomic E-state index is 0.0505. The number of nitrogens with one attached hydrogen (secondary N) is 3. The van der Waals surface area contributed by atoms with E-state index in [2.05, 4.69) is 90.4 Å². The van der Waals surface area contributed by atoms with Gasteiger partial charge in [-0.25, -0.2) is 4.98 Å². The molecule has 0 saturated carbocycles. The largest absolute Gasteiger partial charge is 0.493 e. The third-order valence-electron chi connectivity index (χ3n) is 10.4. The number of pyridine rings is 2. The number of anilines is 2. The van der Waals surface area contributed by atoms with Crippen LogP contribution in [0.3, 0.4) is 0 Å². The first-order valence-corrected chi connectivity index (χ1v) is 18.7. The molecule has 0 saturated heterocycles. The molecule has 9 aromatic rings. The Morgan fingerprint density at radius 2 is 1.29 bits per heavy atom. The highest BCUT2D eigenvalue weighted by Crippen LogP contribution is 2.37. The first-order chi connectivity index (χ1) is 27.7. The number of nitrogens with zero attached hydrogens (tertiary/aromatic N) is 7. The minimum atomic E-state index is 0.0505. The molecule has 5 aromatic heterocycles. The van der Waals surface area contributed by atoms with Gasteiger partial charge in [-0.15, -0.1) is 10.2 Å². The van der Waals surface area contributed by atoms with Crippen LogP contribution in [0, 0.1) is 0 Å². The van der Waals surface area contributed by atoms with E-state index >= 15 is 0 Å². The van der Waals surface area contributed by atoms with Crippen molar-refractivity contribution in [1.82, 2.24) is 40.3 Å². The van der Waals surface area contributed by atoms with Gasteiger partial charge >= 0.3 is 0 Å². The van der Waals surface area contributed by atoms with Gasteiger partial charge in [0.15, 0.2) is 11.6 Å². The lowest BCUT2D eigenvalue weighted by atomic mass is 9.97. The van der Waals surface area contributed by atoms with Crippen LogP contribution < -0.4 is 15.4 Å². The summed E-state index contributed by atoms with van der Waals surface area (Å²) in [4.78, 5) is 16.8. The Labute approximate surface area is 322 Å². The maximum absolute atomic E-state index is 5.95. The van der Waals surface area contributed by atoms with Gasteiger partial charge < -0.3 is 20.4 Å². The molecule has 0 radical (unpaired) electrons. The lowest BCUT2D eigenvalue weighted by Gasteiger charge is -2.27. The number of benzene rings is 4. The van der Waals surface area contributed by atoms with Crippen molar-refractivity contribution in [3.05, 3.63) is 168 Å². The van der Waals surface area contributed by atoms with E-state index in [1.165, 1.54) is 0 Å². The van der Waals surface area contributed by atoms with Crippen molar-refractivity contribution in [2.24, 2.45) is 0 Å². The Bertz CT molecular complexity index is 2840. The number of H-pyrrole nitrogens is 1. The molecule has 11 heteroatoms. The maximum atomic E-state index is 5.95. The first-order valence-electron chi connectivity index (χ1n) is 18.7. The van der Waals surface area contributed by atoms with E-state index in [1.54, 1.807) is 12.4 Å². The van der Waals surface area contributed by atoms with Crippen LogP contribution in [0.2, 0.25) is 0 Å². The van der Waals surface area contributed by atoms with E-state index in [0.717, 1.165) is 101 Å². The van der Waals surface area contributed by atoms with E-state index in [1.807, 2.05) is 67.0 Å². The fourth-order valence-corrected chi connectivity index (χ4v) is 7.59.